The minimum atomic E-state index is -0.897. The van der Waals surface area contributed by atoms with Gasteiger partial charge in [-0.3, -0.25) is 19.3 Å². The van der Waals surface area contributed by atoms with Crippen LogP contribution in [0.5, 0.6) is 0 Å². The highest BCUT2D eigenvalue weighted by Gasteiger charge is 2.44. The van der Waals surface area contributed by atoms with E-state index in [1.165, 1.54) is 4.90 Å². The van der Waals surface area contributed by atoms with Crippen LogP contribution in [-0.2, 0) is 9.53 Å². The Kier molecular flexibility index (Phi) is 5.34. The van der Waals surface area contributed by atoms with Crippen LogP contribution in [0.15, 0.2) is 48.5 Å². The maximum absolute atomic E-state index is 12.7. The SMILES string of the molecule is Cc1ccc(NC(=O)C(C)OCC(C)(C)N2C(=O)c3ccccc3C2=O)cc1. The van der Waals surface area contributed by atoms with Gasteiger partial charge in [0.25, 0.3) is 17.7 Å². The number of anilines is 1. The number of imide groups is 1. The Labute approximate surface area is 164 Å². The van der Waals surface area contributed by atoms with Crippen molar-refractivity contribution in [1.82, 2.24) is 4.90 Å². The van der Waals surface area contributed by atoms with Gasteiger partial charge in [0.15, 0.2) is 0 Å². The molecular formula is C22H24N2O4. The molecule has 2 aromatic carbocycles. The monoisotopic (exact) mass is 380 g/mol. The molecule has 3 rings (SSSR count). The maximum atomic E-state index is 12.7. The van der Waals surface area contributed by atoms with E-state index in [2.05, 4.69) is 5.32 Å². The van der Waals surface area contributed by atoms with Gasteiger partial charge < -0.3 is 10.1 Å². The van der Waals surface area contributed by atoms with Crippen LogP contribution in [0.2, 0.25) is 0 Å². The minimum Gasteiger partial charge on any atom is -0.366 e. The molecule has 0 bridgehead atoms. The molecule has 0 saturated carbocycles. The number of benzene rings is 2. The Balaban J connectivity index is 1.63. The second-order valence-electron chi connectivity index (χ2n) is 7.61. The number of nitrogens with zero attached hydrogens (tertiary/aromatic N) is 1. The molecule has 3 amide bonds. The average Bonchev–Trinajstić information content (AvgIpc) is 2.93. The molecule has 0 spiro atoms. The lowest BCUT2D eigenvalue weighted by Crippen LogP contribution is -2.51. The van der Waals surface area contributed by atoms with Gasteiger partial charge >= 0.3 is 0 Å². The molecule has 1 aliphatic heterocycles. The molecule has 1 aliphatic rings. The maximum Gasteiger partial charge on any atom is 0.262 e. The zero-order valence-corrected chi connectivity index (χ0v) is 16.5. The molecule has 0 radical (unpaired) electrons. The van der Waals surface area contributed by atoms with E-state index in [-0.39, 0.29) is 24.3 Å². The van der Waals surface area contributed by atoms with Crippen molar-refractivity contribution in [3.8, 4) is 0 Å². The Morgan fingerprint density at radius 1 is 1.04 bits per heavy atom. The van der Waals surface area contributed by atoms with E-state index < -0.39 is 11.6 Å². The first-order chi connectivity index (χ1) is 13.2. The van der Waals surface area contributed by atoms with Crippen molar-refractivity contribution in [3.05, 3.63) is 65.2 Å². The molecule has 1 atom stereocenters. The van der Waals surface area contributed by atoms with Crippen LogP contribution in [0.4, 0.5) is 5.69 Å². The molecule has 1 N–H and O–H groups in total. The third-order valence-corrected chi connectivity index (χ3v) is 4.77. The van der Waals surface area contributed by atoms with Crippen molar-refractivity contribution in [1.29, 1.82) is 0 Å². The van der Waals surface area contributed by atoms with Crippen molar-refractivity contribution in [2.24, 2.45) is 0 Å². The normalized spacial score (nSPS) is 14.8. The summed E-state index contributed by atoms with van der Waals surface area (Å²) in [5, 5.41) is 2.79. The van der Waals surface area contributed by atoms with E-state index in [1.807, 2.05) is 31.2 Å². The highest BCUT2D eigenvalue weighted by Crippen LogP contribution is 2.29. The van der Waals surface area contributed by atoms with Gasteiger partial charge in [-0.05, 0) is 52.0 Å². The van der Waals surface area contributed by atoms with Crippen molar-refractivity contribution in [2.75, 3.05) is 11.9 Å². The summed E-state index contributed by atoms with van der Waals surface area (Å²) in [6, 6.07) is 14.2. The summed E-state index contributed by atoms with van der Waals surface area (Å²) >= 11 is 0. The van der Waals surface area contributed by atoms with Gasteiger partial charge in [-0.25, -0.2) is 0 Å². The van der Waals surface area contributed by atoms with Gasteiger partial charge in [0.1, 0.15) is 6.10 Å². The quantitative estimate of drug-likeness (QED) is 0.779. The predicted molar refractivity (Wildman–Crippen MR) is 106 cm³/mol. The van der Waals surface area contributed by atoms with E-state index in [1.54, 1.807) is 45.0 Å². The molecule has 0 aromatic heterocycles. The highest BCUT2D eigenvalue weighted by molar-refractivity contribution is 6.21. The van der Waals surface area contributed by atoms with Gasteiger partial charge in [-0.1, -0.05) is 29.8 Å². The summed E-state index contributed by atoms with van der Waals surface area (Å²) in [4.78, 5) is 38.9. The number of aryl methyl sites for hydroxylation is 1. The summed E-state index contributed by atoms with van der Waals surface area (Å²) in [7, 11) is 0. The van der Waals surface area contributed by atoms with Crippen LogP contribution >= 0.6 is 0 Å². The topological polar surface area (TPSA) is 75.7 Å². The van der Waals surface area contributed by atoms with Gasteiger partial charge in [-0.2, -0.15) is 0 Å². The summed E-state index contributed by atoms with van der Waals surface area (Å²) in [5.74, 6) is -0.973. The smallest absolute Gasteiger partial charge is 0.262 e. The van der Waals surface area contributed by atoms with Crippen LogP contribution in [0.1, 0.15) is 47.1 Å². The van der Waals surface area contributed by atoms with Gasteiger partial charge in [-0.15, -0.1) is 0 Å². The zero-order valence-electron chi connectivity index (χ0n) is 16.5. The Morgan fingerprint density at radius 2 is 1.57 bits per heavy atom. The zero-order chi connectivity index (χ0) is 20.5. The first kappa shape index (κ1) is 19.8. The van der Waals surface area contributed by atoms with Crippen LogP contribution in [-0.4, -0.2) is 40.9 Å². The highest BCUT2D eigenvalue weighted by atomic mass is 16.5. The number of nitrogens with one attached hydrogen (secondary N) is 1. The van der Waals surface area contributed by atoms with E-state index in [4.69, 9.17) is 4.74 Å². The molecular weight excluding hydrogens is 356 g/mol. The van der Waals surface area contributed by atoms with E-state index in [0.717, 1.165) is 5.56 Å². The first-order valence-corrected chi connectivity index (χ1v) is 9.18. The summed E-state index contributed by atoms with van der Waals surface area (Å²) in [5.41, 5.74) is 1.68. The third-order valence-electron chi connectivity index (χ3n) is 4.77. The number of ether oxygens (including phenoxy) is 1. The Hall–Kier alpha value is -2.99. The fourth-order valence-corrected chi connectivity index (χ4v) is 3.09. The first-order valence-electron chi connectivity index (χ1n) is 9.18. The molecule has 146 valence electrons. The number of hydrogen-bond acceptors (Lipinski definition) is 4. The minimum absolute atomic E-state index is 0.0426. The van der Waals surface area contributed by atoms with Crippen LogP contribution in [0, 0.1) is 6.92 Å². The lowest BCUT2D eigenvalue weighted by atomic mass is 10.0. The molecule has 0 fully saturated rings. The molecule has 28 heavy (non-hydrogen) atoms. The molecule has 0 saturated heterocycles. The lowest BCUT2D eigenvalue weighted by molar-refractivity contribution is -0.128. The number of fused-ring (bicyclic) bond motifs is 1. The van der Waals surface area contributed by atoms with E-state index >= 15 is 0 Å². The molecule has 1 unspecified atom stereocenters. The molecule has 1 heterocycles. The fraction of sp³-hybridized carbons (Fsp3) is 0.318. The molecule has 6 nitrogen and oxygen atoms in total. The van der Waals surface area contributed by atoms with Crippen LogP contribution < -0.4 is 5.32 Å². The van der Waals surface area contributed by atoms with E-state index in [9.17, 15) is 14.4 Å². The fourth-order valence-electron chi connectivity index (χ4n) is 3.09. The number of rotatable bonds is 6. The summed E-state index contributed by atoms with van der Waals surface area (Å²) in [6.45, 7) is 7.15. The standard InChI is InChI=1S/C22H24N2O4/c1-14-9-11-16(12-10-14)23-19(25)15(2)28-13-22(3,4)24-20(26)17-7-5-6-8-18(17)21(24)27/h5-12,15H,13H2,1-4H3,(H,23,25). The largest absolute Gasteiger partial charge is 0.366 e. The van der Waals surface area contributed by atoms with Crippen LogP contribution in [0.25, 0.3) is 0 Å². The number of hydrogen-bond donors (Lipinski definition) is 1. The molecule has 2 aromatic rings. The Morgan fingerprint density at radius 3 is 2.11 bits per heavy atom. The van der Waals surface area contributed by atoms with Crippen molar-refractivity contribution >= 4 is 23.4 Å². The Bertz CT molecular complexity index is 883. The van der Waals surface area contributed by atoms with E-state index in [0.29, 0.717) is 16.8 Å². The van der Waals surface area contributed by atoms with Crippen molar-refractivity contribution < 1.29 is 19.1 Å². The summed E-state index contributed by atoms with van der Waals surface area (Å²) in [6.07, 6.45) is -0.740. The second-order valence-corrected chi connectivity index (χ2v) is 7.61. The number of amides is 3. The van der Waals surface area contributed by atoms with Gasteiger partial charge in [0.2, 0.25) is 0 Å². The summed E-state index contributed by atoms with van der Waals surface area (Å²) < 4.78 is 5.71. The van der Waals surface area contributed by atoms with Gasteiger partial charge in [0.05, 0.1) is 23.3 Å². The predicted octanol–water partition coefficient (Wildman–Crippen LogP) is 3.41. The van der Waals surface area contributed by atoms with Gasteiger partial charge in [0, 0.05) is 5.69 Å². The number of carbonyl (C=O) groups is 3. The van der Waals surface area contributed by atoms with Crippen LogP contribution in [0.3, 0.4) is 0 Å². The second kappa shape index (κ2) is 7.56. The average molecular weight is 380 g/mol. The lowest BCUT2D eigenvalue weighted by Gasteiger charge is -2.34. The van der Waals surface area contributed by atoms with Crippen molar-refractivity contribution in [2.45, 2.75) is 39.3 Å². The number of carbonyl (C=O) groups excluding carboxylic acids is 3. The molecule has 0 aliphatic carbocycles. The molecule has 6 heteroatoms. The van der Waals surface area contributed by atoms with Crippen molar-refractivity contribution in [3.63, 3.8) is 0 Å². The third kappa shape index (κ3) is 3.82.